The number of aliphatic hydroxyl groups is 1. The summed E-state index contributed by atoms with van der Waals surface area (Å²) < 4.78 is 2.14. The number of hydrogen-bond acceptors (Lipinski definition) is 5. The van der Waals surface area contributed by atoms with E-state index in [9.17, 15) is 0 Å². The molecule has 3 rings (SSSR count). The smallest absolute Gasteiger partial charge is 0.145 e. The molecule has 0 radical (unpaired) electrons. The summed E-state index contributed by atoms with van der Waals surface area (Å²) in [5.41, 5.74) is 4.25. The Balaban J connectivity index is 2.10. The molecule has 23 heavy (non-hydrogen) atoms. The second-order valence-electron chi connectivity index (χ2n) is 5.65. The van der Waals surface area contributed by atoms with Crippen LogP contribution in [0, 0.1) is 20.8 Å². The van der Waals surface area contributed by atoms with E-state index >= 15 is 0 Å². The molecule has 0 spiro atoms. The minimum Gasteiger partial charge on any atom is -0.396 e. The number of anilines is 2. The molecule has 0 bridgehead atoms. The van der Waals surface area contributed by atoms with E-state index in [1.807, 2.05) is 19.1 Å². The van der Waals surface area contributed by atoms with Crippen LogP contribution in [0.25, 0.3) is 11.0 Å². The zero-order valence-corrected chi connectivity index (χ0v) is 13.7. The lowest BCUT2D eigenvalue weighted by Gasteiger charge is -2.09. The average molecular weight is 311 g/mol. The van der Waals surface area contributed by atoms with Crippen LogP contribution in [-0.2, 0) is 6.54 Å². The third-order valence-electron chi connectivity index (χ3n) is 4.19. The number of rotatable bonds is 5. The topological polar surface area (TPSA) is 75.9 Å². The lowest BCUT2D eigenvalue weighted by Crippen LogP contribution is -2.04. The molecule has 0 saturated carbocycles. The maximum atomic E-state index is 9.11. The fourth-order valence-electron chi connectivity index (χ4n) is 2.79. The van der Waals surface area contributed by atoms with E-state index in [2.05, 4.69) is 38.7 Å². The summed E-state index contributed by atoms with van der Waals surface area (Å²) in [5.74, 6) is 1.56. The van der Waals surface area contributed by atoms with Crippen molar-refractivity contribution in [1.82, 2.24) is 19.5 Å². The number of nitrogens with one attached hydrogen (secondary N) is 1. The van der Waals surface area contributed by atoms with Crippen molar-refractivity contribution in [3.8, 4) is 0 Å². The molecule has 0 fully saturated rings. The normalized spacial score (nSPS) is 11.1. The summed E-state index contributed by atoms with van der Waals surface area (Å²) in [6, 6.07) is 3.93. The summed E-state index contributed by atoms with van der Waals surface area (Å²) in [6.45, 7) is 7.07. The van der Waals surface area contributed by atoms with Crippen LogP contribution < -0.4 is 5.32 Å². The summed E-state index contributed by atoms with van der Waals surface area (Å²) in [6.07, 6.45) is 4.03. The van der Waals surface area contributed by atoms with Crippen LogP contribution in [-0.4, -0.2) is 31.2 Å². The number of aromatic nitrogens is 4. The van der Waals surface area contributed by atoms with Crippen molar-refractivity contribution in [2.75, 3.05) is 11.9 Å². The average Bonchev–Trinajstić information content (AvgIpc) is 2.80. The molecule has 3 aromatic rings. The number of aryl methyl sites for hydroxylation is 3. The Bertz CT molecular complexity index is 840. The third-order valence-corrected chi connectivity index (χ3v) is 4.19. The van der Waals surface area contributed by atoms with Crippen molar-refractivity contribution in [3.05, 3.63) is 41.5 Å². The lowest BCUT2D eigenvalue weighted by molar-refractivity contribution is 0.280. The van der Waals surface area contributed by atoms with Gasteiger partial charge in [0.2, 0.25) is 0 Å². The summed E-state index contributed by atoms with van der Waals surface area (Å²) in [4.78, 5) is 13.2. The minimum absolute atomic E-state index is 0.168. The predicted molar refractivity (Wildman–Crippen MR) is 91.0 cm³/mol. The van der Waals surface area contributed by atoms with Gasteiger partial charge in [0.05, 0.1) is 5.39 Å². The Morgan fingerprint density at radius 1 is 1.13 bits per heavy atom. The molecule has 0 aromatic carbocycles. The molecule has 0 aliphatic carbocycles. The summed E-state index contributed by atoms with van der Waals surface area (Å²) >= 11 is 0. The fraction of sp³-hybridized carbons (Fsp3) is 0.353. The molecular weight excluding hydrogens is 290 g/mol. The van der Waals surface area contributed by atoms with Crippen LogP contribution in [0.5, 0.6) is 0 Å². The highest BCUT2D eigenvalue weighted by molar-refractivity contribution is 5.93. The first kappa shape index (κ1) is 15.4. The van der Waals surface area contributed by atoms with Crippen LogP contribution in [0.2, 0.25) is 0 Å². The van der Waals surface area contributed by atoms with Crippen LogP contribution >= 0.6 is 0 Å². The summed E-state index contributed by atoms with van der Waals surface area (Å²) in [5, 5.41) is 13.4. The van der Waals surface area contributed by atoms with E-state index in [4.69, 9.17) is 5.11 Å². The van der Waals surface area contributed by atoms with Gasteiger partial charge in [0.25, 0.3) is 0 Å². The molecule has 0 saturated heterocycles. The summed E-state index contributed by atoms with van der Waals surface area (Å²) in [7, 11) is 0. The van der Waals surface area contributed by atoms with Crippen molar-refractivity contribution in [2.24, 2.45) is 0 Å². The maximum Gasteiger partial charge on any atom is 0.145 e. The molecule has 3 heterocycles. The van der Waals surface area contributed by atoms with E-state index in [1.165, 1.54) is 0 Å². The van der Waals surface area contributed by atoms with Gasteiger partial charge in [0.1, 0.15) is 23.6 Å². The standard InChI is InChI=1S/C17H21N5O/c1-11-6-4-7-18-15(11)21-16-14-12(2)13(3)22(8-5-9-23)17(14)20-10-19-16/h4,6-7,10,23H,5,8-9H2,1-3H3,(H,18,19,20,21). The van der Waals surface area contributed by atoms with Crippen molar-refractivity contribution >= 4 is 22.7 Å². The van der Waals surface area contributed by atoms with Crippen molar-refractivity contribution in [1.29, 1.82) is 0 Å². The first-order chi connectivity index (χ1) is 11.1. The van der Waals surface area contributed by atoms with Gasteiger partial charge >= 0.3 is 0 Å². The van der Waals surface area contributed by atoms with Gasteiger partial charge in [-0.25, -0.2) is 15.0 Å². The highest BCUT2D eigenvalue weighted by Crippen LogP contribution is 2.30. The van der Waals surface area contributed by atoms with Gasteiger partial charge < -0.3 is 15.0 Å². The number of nitrogens with zero attached hydrogens (tertiary/aromatic N) is 4. The second kappa shape index (κ2) is 6.34. The molecular formula is C17H21N5O. The Labute approximate surface area is 135 Å². The number of hydrogen-bond donors (Lipinski definition) is 2. The number of fused-ring (bicyclic) bond motifs is 1. The van der Waals surface area contributed by atoms with E-state index in [1.54, 1.807) is 12.5 Å². The Morgan fingerprint density at radius 2 is 1.96 bits per heavy atom. The second-order valence-corrected chi connectivity index (χ2v) is 5.65. The molecule has 0 amide bonds. The molecule has 0 unspecified atom stereocenters. The lowest BCUT2D eigenvalue weighted by atomic mass is 10.2. The van der Waals surface area contributed by atoms with Crippen molar-refractivity contribution in [3.63, 3.8) is 0 Å². The molecule has 6 heteroatoms. The Hall–Kier alpha value is -2.47. The first-order valence-electron chi connectivity index (χ1n) is 7.73. The Kier molecular flexibility index (Phi) is 4.25. The highest BCUT2D eigenvalue weighted by Gasteiger charge is 2.16. The van der Waals surface area contributed by atoms with E-state index < -0.39 is 0 Å². The molecule has 6 nitrogen and oxygen atoms in total. The van der Waals surface area contributed by atoms with Gasteiger partial charge in [-0.05, 0) is 44.4 Å². The van der Waals surface area contributed by atoms with Gasteiger partial charge in [0.15, 0.2) is 0 Å². The van der Waals surface area contributed by atoms with Gasteiger partial charge in [0, 0.05) is 25.0 Å². The molecule has 0 aliphatic heterocycles. The van der Waals surface area contributed by atoms with Gasteiger partial charge in [-0.1, -0.05) is 6.07 Å². The molecule has 0 atom stereocenters. The first-order valence-corrected chi connectivity index (χ1v) is 7.73. The van der Waals surface area contributed by atoms with Crippen molar-refractivity contribution < 1.29 is 5.11 Å². The largest absolute Gasteiger partial charge is 0.396 e. The number of pyridine rings is 1. The minimum atomic E-state index is 0.168. The third kappa shape index (κ3) is 2.77. The van der Waals surface area contributed by atoms with Gasteiger partial charge in [-0.2, -0.15) is 0 Å². The van der Waals surface area contributed by atoms with E-state index in [0.29, 0.717) is 6.42 Å². The SMILES string of the molecule is Cc1cccnc1Nc1ncnc2c1c(C)c(C)n2CCCO. The van der Waals surface area contributed by atoms with Crippen LogP contribution in [0.4, 0.5) is 11.6 Å². The Morgan fingerprint density at radius 3 is 2.70 bits per heavy atom. The molecule has 0 aliphatic rings. The quantitative estimate of drug-likeness (QED) is 0.758. The van der Waals surface area contributed by atoms with Gasteiger partial charge in [-0.15, -0.1) is 0 Å². The molecule has 2 N–H and O–H groups in total. The van der Waals surface area contributed by atoms with Crippen LogP contribution in [0.15, 0.2) is 24.7 Å². The van der Waals surface area contributed by atoms with E-state index in [0.717, 1.165) is 46.0 Å². The van der Waals surface area contributed by atoms with Crippen molar-refractivity contribution in [2.45, 2.75) is 33.7 Å². The van der Waals surface area contributed by atoms with Gasteiger partial charge in [-0.3, -0.25) is 0 Å². The fourth-order valence-corrected chi connectivity index (χ4v) is 2.79. The zero-order chi connectivity index (χ0) is 16.4. The maximum absolute atomic E-state index is 9.11. The predicted octanol–water partition coefficient (Wildman–Crippen LogP) is 2.88. The van der Waals surface area contributed by atoms with Crippen LogP contribution in [0.3, 0.4) is 0 Å². The molecule has 3 aromatic heterocycles. The highest BCUT2D eigenvalue weighted by atomic mass is 16.3. The van der Waals surface area contributed by atoms with E-state index in [-0.39, 0.29) is 6.61 Å². The zero-order valence-electron chi connectivity index (χ0n) is 13.7. The monoisotopic (exact) mass is 311 g/mol. The molecule has 120 valence electrons. The van der Waals surface area contributed by atoms with Crippen LogP contribution in [0.1, 0.15) is 23.2 Å². The number of aliphatic hydroxyl groups excluding tert-OH is 1.